The Morgan fingerprint density at radius 1 is 1.09 bits per heavy atom. The second-order valence-corrected chi connectivity index (χ2v) is 6.96. The lowest BCUT2D eigenvalue weighted by Gasteiger charge is -2.14. The van der Waals surface area contributed by atoms with Gasteiger partial charge in [-0.05, 0) is 96.5 Å². The van der Waals surface area contributed by atoms with Crippen LogP contribution in [0.3, 0.4) is 0 Å². The molecule has 2 nitrogen and oxygen atoms in total. The van der Waals surface area contributed by atoms with E-state index in [0.717, 1.165) is 12.8 Å². The van der Waals surface area contributed by atoms with Gasteiger partial charge in [0, 0.05) is 0 Å². The number of hydrogen-bond donors (Lipinski definition) is 0. The zero-order chi connectivity index (χ0) is 16.3. The summed E-state index contributed by atoms with van der Waals surface area (Å²) in [7, 11) is 0. The van der Waals surface area contributed by atoms with Crippen LogP contribution in [0.5, 0.6) is 0 Å². The van der Waals surface area contributed by atoms with E-state index in [0.29, 0.717) is 0 Å². The molecule has 0 amide bonds. The number of furan rings is 1. The Morgan fingerprint density at radius 2 is 1.83 bits per heavy atom. The predicted molar refractivity (Wildman–Crippen MR) is 98.7 cm³/mol. The second-order valence-electron chi connectivity index (χ2n) is 6.96. The molecule has 0 atom stereocenters. The van der Waals surface area contributed by atoms with Crippen molar-refractivity contribution in [3.05, 3.63) is 47.5 Å². The fourth-order valence-electron chi connectivity index (χ4n) is 3.26. The number of aryl methyl sites for hydroxylation is 1. The van der Waals surface area contributed by atoms with E-state index in [1.807, 2.05) is 6.26 Å². The maximum Gasteiger partial charge on any atom is 0.0934 e. The van der Waals surface area contributed by atoms with Crippen LogP contribution < -0.4 is 0 Å². The van der Waals surface area contributed by atoms with Gasteiger partial charge in [0.25, 0.3) is 0 Å². The highest BCUT2D eigenvalue weighted by Gasteiger charge is 2.09. The standard InChI is InChI=1S/C21H33NO/c1-19(10-6-12-21-13-17-23-18-21)8-5-9-20(2)11-7-16-22-14-3-4-15-22/h9-10,13,17-18H,3-8,11-12,14-16H2,1-2H3/b19-10+,20-9+. The van der Waals surface area contributed by atoms with E-state index in [2.05, 4.69) is 37.0 Å². The topological polar surface area (TPSA) is 16.4 Å². The van der Waals surface area contributed by atoms with Crippen LogP contribution in [0.4, 0.5) is 0 Å². The molecule has 0 unspecified atom stereocenters. The molecule has 0 radical (unpaired) electrons. The molecule has 2 heterocycles. The van der Waals surface area contributed by atoms with Crippen molar-refractivity contribution in [1.29, 1.82) is 0 Å². The SMILES string of the molecule is C/C(=C\CCc1ccoc1)CC/C=C(\C)CCCN1CCCC1. The van der Waals surface area contributed by atoms with Crippen LogP contribution in [0.2, 0.25) is 0 Å². The Hall–Kier alpha value is -1.28. The van der Waals surface area contributed by atoms with Gasteiger partial charge in [0.05, 0.1) is 12.5 Å². The Bertz CT molecular complexity index is 478. The van der Waals surface area contributed by atoms with Gasteiger partial charge in [-0.15, -0.1) is 0 Å². The molecule has 2 heteroatoms. The van der Waals surface area contributed by atoms with Gasteiger partial charge < -0.3 is 9.32 Å². The monoisotopic (exact) mass is 315 g/mol. The molecule has 1 saturated heterocycles. The van der Waals surface area contributed by atoms with Crippen molar-refractivity contribution in [3.8, 4) is 0 Å². The Labute approximate surface area is 142 Å². The summed E-state index contributed by atoms with van der Waals surface area (Å²) in [6.07, 6.45) is 18.4. The summed E-state index contributed by atoms with van der Waals surface area (Å²) in [5.74, 6) is 0. The van der Waals surface area contributed by atoms with Gasteiger partial charge in [-0.1, -0.05) is 23.3 Å². The van der Waals surface area contributed by atoms with Gasteiger partial charge in [0.1, 0.15) is 0 Å². The quantitative estimate of drug-likeness (QED) is 0.510. The third kappa shape index (κ3) is 7.69. The molecule has 1 aromatic rings. The van der Waals surface area contributed by atoms with Crippen LogP contribution in [0.1, 0.15) is 64.4 Å². The highest BCUT2D eigenvalue weighted by molar-refractivity contribution is 5.08. The van der Waals surface area contributed by atoms with Crippen molar-refractivity contribution >= 4 is 0 Å². The number of likely N-dealkylation sites (tertiary alicyclic amines) is 1. The van der Waals surface area contributed by atoms with Crippen LogP contribution in [-0.4, -0.2) is 24.5 Å². The minimum atomic E-state index is 1.08. The molecule has 128 valence electrons. The van der Waals surface area contributed by atoms with Crippen LogP contribution in [0, 0.1) is 0 Å². The molecule has 0 N–H and O–H groups in total. The van der Waals surface area contributed by atoms with Crippen molar-refractivity contribution in [2.45, 2.75) is 65.2 Å². The summed E-state index contributed by atoms with van der Waals surface area (Å²) in [5, 5.41) is 0. The largest absolute Gasteiger partial charge is 0.472 e. The van der Waals surface area contributed by atoms with Gasteiger partial charge in [-0.25, -0.2) is 0 Å². The van der Waals surface area contributed by atoms with Crippen LogP contribution in [0.15, 0.2) is 46.3 Å². The average Bonchev–Trinajstić information content (AvgIpc) is 3.20. The molecule has 1 aromatic heterocycles. The maximum atomic E-state index is 5.10. The Kier molecular flexibility index (Phi) is 8.24. The van der Waals surface area contributed by atoms with E-state index >= 15 is 0 Å². The van der Waals surface area contributed by atoms with E-state index in [-0.39, 0.29) is 0 Å². The lowest BCUT2D eigenvalue weighted by molar-refractivity contribution is 0.334. The number of rotatable bonds is 10. The minimum Gasteiger partial charge on any atom is -0.472 e. The van der Waals surface area contributed by atoms with Gasteiger partial charge in [-0.2, -0.15) is 0 Å². The highest BCUT2D eigenvalue weighted by Crippen LogP contribution is 2.14. The summed E-state index contributed by atoms with van der Waals surface area (Å²) >= 11 is 0. The first-order chi connectivity index (χ1) is 11.2. The third-order valence-corrected chi connectivity index (χ3v) is 4.78. The molecule has 1 aliphatic heterocycles. The lowest BCUT2D eigenvalue weighted by atomic mass is 10.1. The van der Waals surface area contributed by atoms with Crippen molar-refractivity contribution in [1.82, 2.24) is 4.90 Å². The fourth-order valence-corrected chi connectivity index (χ4v) is 3.26. The van der Waals surface area contributed by atoms with Crippen LogP contribution in [-0.2, 0) is 6.42 Å². The Morgan fingerprint density at radius 3 is 2.57 bits per heavy atom. The highest BCUT2D eigenvalue weighted by atomic mass is 16.3. The van der Waals surface area contributed by atoms with E-state index < -0.39 is 0 Å². The third-order valence-electron chi connectivity index (χ3n) is 4.78. The molecule has 1 fully saturated rings. The predicted octanol–water partition coefficient (Wildman–Crippen LogP) is 5.76. The van der Waals surface area contributed by atoms with Crippen molar-refractivity contribution in [3.63, 3.8) is 0 Å². The maximum absolute atomic E-state index is 5.10. The molecule has 0 aromatic carbocycles. The van der Waals surface area contributed by atoms with Crippen LogP contribution in [0.25, 0.3) is 0 Å². The molecule has 2 rings (SSSR count). The fraction of sp³-hybridized carbons (Fsp3) is 0.619. The first kappa shape index (κ1) is 18.1. The summed E-state index contributed by atoms with van der Waals surface area (Å²) < 4.78 is 5.10. The summed E-state index contributed by atoms with van der Waals surface area (Å²) in [6.45, 7) is 8.49. The van der Waals surface area contributed by atoms with E-state index in [4.69, 9.17) is 4.42 Å². The normalized spacial score (nSPS) is 17.1. The number of hydrogen-bond acceptors (Lipinski definition) is 2. The molecule has 0 saturated carbocycles. The van der Waals surface area contributed by atoms with Gasteiger partial charge in [-0.3, -0.25) is 0 Å². The number of nitrogens with zero attached hydrogens (tertiary/aromatic N) is 1. The van der Waals surface area contributed by atoms with E-state index in [1.54, 1.807) is 11.8 Å². The van der Waals surface area contributed by atoms with E-state index in [1.165, 1.54) is 69.3 Å². The first-order valence-corrected chi connectivity index (χ1v) is 9.29. The minimum absolute atomic E-state index is 1.08. The molecular formula is C21H33NO. The second kappa shape index (κ2) is 10.5. The lowest BCUT2D eigenvalue weighted by Crippen LogP contribution is -2.20. The molecule has 0 aliphatic carbocycles. The molecule has 23 heavy (non-hydrogen) atoms. The van der Waals surface area contributed by atoms with Gasteiger partial charge >= 0.3 is 0 Å². The molecule has 0 bridgehead atoms. The van der Waals surface area contributed by atoms with Gasteiger partial charge in [0.15, 0.2) is 0 Å². The number of allylic oxidation sites excluding steroid dienone is 4. The van der Waals surface area contributed by atoms with Crippen molar-refractivity contribution in [2.75, 3.05) is 19.6 Å². The summed E-state index contributed by atoms with van der Waals surface area (Å²) in [4.78, 5) is 2.61. The van der Waals surface area contributed by atoms with Crippen LogP contribution >= 0.6 is 0 Å². The Balaban J connectivity index is 1.54. The smallest absolute Gasteiger partial charge is 0.0934 e. The van der Waals surface area contributed by atoms with Gasteiger partial charge in [0.2, 0.25) is 0 Å². The molecule has 1 aliphatic rings. The summed E-state index contributed by atoms with van der Waals surface area (Å²) in [6, 6.07) is 2.05. The summed E-state index contributed by atoms with van der Waals surface area (Å²) in [5.41, 5.74) is 4.37. The van der Waals surface area contributed by atoms with Crippen molar-refractivity contribution < 1.29 is 4.42 Å². The molecule has 0 spiro atoms. The molecular weight excluding hydrogens is 282 g/mol. The first-order valence-electron chi connectivity index (χ1n) is 9.29. The average molecular weight is 316 g/mol. The zero-order valence-corrected chi connectivity index (χ0v) is 15.0. The zero-order valence-electron chi connectivity index (χ0n) is 15.0. The van der Waals surface area contributed by atoms with E-state index in [9.17, 15) is 0 Å². The van der Waals surface area contributed by atoms with Crippen molar-refractivity contribution in [2.24, 2.45) is 0 Å².